The third kappa shape index (κ3) is 4.52. The van der Waals surface area contributed by atoms with Crippen molar-refractivity contribution < 1.29 is 4.79 Å². The molecule has 25 heavy (non-hydrogen) atoms. The Morgan fingerprint density at radius 3 is 2.80 bits per heavy atom. The lowest BCUT2D eigenvalue weighted by Crippen LogP contribution is -1.91. The number of nitrogen functional groups attached to an aromatic ring is 1. The van der Waals surface area contributed by atoms with E-state index in [1.165, 1.54) is 0 Å². The molecule has 4 nitrogen and oxygen atoms in total. The second-order valence-corrected chi connectivity index (χ2v) is 6.54. The van der Waals surface area contributed by atoms with Crippen molar-refractivity contribution in [2.45, 2.75) is 10.6 Å². The van der Waals surface area contributed by atoms with E-state index in [-0.39, 0.29) is 0 Å². The van der Waals surface area contributed by atoms with Gasteiger partial charge >= 0.3 is 0 Å². The lowest BCUT2D eigenvalue weighted by atomic mass is 10.1. The van der Waals surface area contributed by atoms with Crippen molar-refractivity contribution in [3.8, 4) is 11.8 Å². The van der Waals surface area contributed by atoms with E-state index in [4.69, 9.17) is 5.73 Å². The highest BCUT2D eigenvalue weighted by Crippen LogP contribution is 2.26. The molecule has 5 heteroatoms. The normalized spacial score (nSPS) is 10.1. The Bertz CT molecular complexity index is 966. The van der Waals surface area contributed by atoms with Gasteiger partial charge in [0.05, 0.1) is 5.69 Å². The van der Waals surface area contributed by atoms with Crippen LogP contribution < -0.4 is 5.73 Å². The summed E-state index contributed by atoms with van der Waals surface area (Å²) in [5.41, 5.74) is 9.75. The zero-order valence-electron chi connectivity index (χ0n) is 13.8. The number of thioether (sulfide) groups is 1. The molecule has 0 spiro atoms. The molecule has 3 aromatic rings. The fourth-order valence-electron chi connectivity index (χ4n) is 2.29. The van der Waals surface area contributed by atoms with Crippen LogP contribution in [0.5, 0.6) is 0 Å². The summed E-state index contributed by atoms with van der Waals surface area (Å²) in [7, 11) is 1.90. The number of aromatic nitrogens is 2. The Balaban J connectivity index is 1.87. The minimum Gasteiger partial charge on any atom is -0.399 e. The minimum absolute atomic E-state index is 0.610. The van der Waals surface area contributed by atoms with E-state index >= 15 is 0 Å². The van der Waals surface area contributed by atoms with E-state index < -0.39 is 0 Å². The number of hydrogen-bond donors (Lipinski definition) is 1. The van der Waals surface area contributed by atoms with E-state index in [0.717, 1.165) is 33.8 Å². The fourth-order valence-corrected chi connectivity index (χ4v) is 3.18. The van der Waals surface area contributed by atoms with E-state index in [0.29, 0.717) is 11.3 Å². The van der Waals surface area contributed by atoms with Crippen molar-refractivity contribution in [2.24, 2.45) is 7.05 Å². The average molecular weight is 347 g/mol. The molecule has 2 N–H and O–H groups in total. The minimum atomic E-state index is 0.610. The highest BCUT2D eigenvalue weighted by molar-refractivity contribution is 7.98. The maximum Gasteiger partial charge on any atom is 0.150 e. The van der Waals surface area contributed by atoms with Crippen LogP contribution in [0.3, 0.4) is 0 Å². The molecular weight excluding hydrogens is 330 g/mol. The molecule has 0 aliphatic rings. The summed E-state index contributed by atoms with van der Waals surface area (Å²) in [6.45, 7) is 0. The van der Waals surface area contributed by atoms with Crippen LogP contribution in [0.25, 0.3) is 0 Å². The van der Waals surface area contributed by atoms with Crippen LogP contribution in [0.4, 0.5) is 5.69 Å². The Morgan fingerprint density at radius 1 is 1.20 bits per heavy atom. The third-order valence-electron chi connectivity index (χ3n) is 3.51. The van der Waals surface area contributed by atoms with Gasteiger partial charge in [-0.2, -0.15) is 5.10 Å². The van der Waals surface area contributed by atoms with Crippen molar-refractivity contribution in [2.75, 3.05) is 5.73 Å². The molecule has 0 aliphatic carbocycles. The number of carbonyl (C=O) groups excluding carboxylic acids is 1. The second-order valence-electron chi connectivity index (χ2n) is 5.52. The van der Waals surface area contributed by atoms with Gasteiger partial charge in [-0.25, -0.2) is 0 Å². The molecule has 0 amide bonds. The molecule has 2 aromatic carbocycles. The first kappa shape index (κ1) is 16.9. The number of benzene rings is 2. The maximum atomic E-state index is 11.1. The summed E-state index contributed by atoms with van der Waals surface area (Å²) in [5.74, 6) is 7.02. The molecule has 1 heterocycles. The molecule has 0 atom stereocenters. The Labute approximate surface area is 151 Å². The van der Waals surface area contributed by atoms with Crippen molar-refractivity contribution in [1.82, 2.24) is 9.78 Å². The van der Waals surface area contributed by atoms with Gasteiger partial charge in [0.15, 0.2) is 0 Å². The van der Waals surface area contributed by atoms with Gasteiger partial charge in [0.25, 0.3) is 0 Å². The summed E-state index contributed by atoms with van der Waals surface area (Å²) in [4.78, 5) is 12.1. The molecule has 0 saturated heterocycles. The van der Waals surface area contributed by atoms with Crippen LogP contribution in [0.1, 0.15) is 27.2 Å². The zero-order chi connectivity index (χ0) is 17.6. The van der Waals surface area contributed by atoms with E-state index in [9.17, 15) is 4.79 Å². The summed E-state index contributed by atoms with van der Waals surface area (Å²) in [6, 6.07) is 15.0. The Morgan fingerprint density at radius 2 is 2.08 bits per heavy atom. The average Bonchev–Trinajstić information content (AvgIpc) is 3.04. The Hall–Kier alpha value is -2.97. The number of rotatable bonds is 4. The number of aryl methyl sites for hydroxylation is 1. The first-order chi connectivity index (χ1) is 12.1. The first-order valence-corrected chi connectivity index (χ1v) is 8.71. The zero-order valence-corrected chi connectivity index (χ0v) is 14.6. The van der Waals surface area contributed by atoms with Gasteiger partial charge in [0.1, 0.15) is 6.29 Å². The number of aldehydes is 1. The highest BCUT2D eigenvalue weighted by atomic mass is 32.2. The quantitative estimate of drug-likeness (QED) is 0.340. The largest absolute Gasteiger partial charge is 0.399 e. The smallest absolute Gasteiger partial charge is 0.150 e. The van der Waals surface area contributed by atoms with Crippen molar-refractivity contribution in [1.29, 1.82) is 0 Å². The van der Waals surface area contributed by atoms with E-state index in [1.807, 2.05) is 55.7 Å². The molecule has 0 bridgehead atoms. The standard InChI is InChI=1S/C20H17N3OS/c1-23-10-9-19(22-23)14-25-20-8-6-16(13-24)11-17(20)7-5-15-3-2-4-18(21)12-15/h2-4,6,8-13H,14,21H2,1H3. The Kier molecular flexibility index (Phi) is 5.22. The number of carbonyl (C=O) groups is 1. The van der Waals surface area contributed by atoms with Crippen molar-refractivity contribution in [3.05, 3.63) is 77.1 Å². The van der Waals surface area contributed by atoms with Crippen LogP contribution >= 0.6 is 11.8 Å². The van der Waals surface area contributed by atoms with Crippen molar-refractivity contribution in [3.63, 3.8) is 0 Å². The van der Waals surface area contributed by atoms with Crippen LogP contribution in [0.15, 0.2) is 59.6 Å². The molecule has 1 aromatic heterocycles. The molecular formula is C20H17N3OS. The number of hydrogen-bond acceptors (Lipinski definition) is 4. The van der Waals surface area contributed by atoms with Gasteiger partial charge in [-0.15, -0.1) is 11.8 Å². The SMILES string of the molecule is Cn1ccc(CSc2ccc(C=O)cc2C#Cc2cccc(N)c2)n1. The molecule has 0 fully saturated rings. The van der Waals surface area contributed by atoms with E-state index in [2.05, 4.69) is 16.9 Å². The maximum absolute atomic E-state index is 11.1. The predicted octanol–water partition coefficient (Wildman–Crippen LogP) is 3.51. The van der Waals surface area contributed by atoms with Gasteiger partial charge < -0.3 is 5.73 Å². The molecule has 124 valence electrons. The van der Waals surface area contributed by atoms with Gasteiger partial charge in [0.2, 0.25) is 0 Å². The molecule has 0 unspecified atom stereocenters. The number of anilines is 1. The molecule has 3 rings (SSSR count). The summed E-state index contributed by atoms with van der Waals surface area (Å²) >= 11 is 1.65. The van der Waals surface area contributed by atoms with E-state index in [1.54, 1.807) is 22.5 Å². The van der Waals surface area contributed by atoms with Crippen LogP contribution in [0.2, 0.25) is 0 Å². The van der Waals surface area contributed by atoms with Gasteiger partial charge in [-0.1, -0.05) is 24.0 Å². The third-order valence-corrected chi connectivity index (χ3v) is 4.62. The van der Waals surface area contributed by atoms with Gasteiger partial charge in [0, 0.05) is 46.3 Å². The van der Waals surface area contributed by atoms with Crippen LogP contribution in [0, 0.1) is 11.8 Å². The predicted molar refractivity (Wildman–Crippen MR) is 101 cm³/mol. The lowest BCUT2D eigenvalue weighted by molar-refractivity contribution is 0.112. The summed E-state index contributed by atoms with van der Waals surface area (Å²) in [5, 5.41) is 4.38. The molecule has 0 aliphatic heterocycles. The van der Waals surface area contributed by atoms with Crippen LogP contribution in [-0.2, 0) is 12.8 Å². The molecule has 0 radical (unpaired) electrons. The topological polar surface area (TPSA) is 60.9 Å². The van der Waals surface area contributed by atoms with Gasteiger partial charge in [-0.3, -0.25) is 9.48 Å². The fraction of sp³-hybridized carbons (Fsp3) is 0.100. The first-order valence-electron chi connectivity index (χ1n) is 7.72. The van der Waals surface area contributed by atoms with Crippen LogP contribution in [-0.4, -0.2) is 16.1 Å². The van der Waals surface area contributed by atoms with Gasteiger partial charge in [-0.05, 0) is 36.4 Å². The van der Waals surface area contributed by atoms with Crippen molar-refractivity contribution >= 4 is 23.7 Å². The molecule has 0 saturated carbocycles. The number of nitrogens with two attached hydrogens (primary N) is 1. The lowest BCUT2D eigenvalue weighted by Gasteiger charge is -2.04. The highest BCUT2D eigenvalue weighted by Gasteiger charge is 2.05. The summed E-state index contributed by atoms with van der Waals surface area (Å²) < 4.78 is 1.78. The second kappa shape index (κ2) is 7.73. The summed E-state index contributed by atoms with van der Waals surface area (Å²) in [6.07, 6.45) is 2.75. The monoisotopic (exact) mass is 347 g/mol. The number of nitrogens with zero attached hydrogens (tertiary/aromatic N) is 2.